The van der Waals surface area contributed by atoms with Gasteiger partial charge in [0.1, 0.15) is 0 Å². The average molecular weight is 273 g/mol. The van der Waals surface area contributed by atoms with Crippen LogP contribution in [0.1, 0.15) is 20.8 Å². The summed E-state index contributed by atoms with van der Waals surface area (Å²) in [5, 5.41) is 7.34. The number of rotatable bonds is 6. The zero-order valence-corrected chi connectivity index (χ0v) is 11.6. The van der Waals surface area contributed by atoms with E-state index < -0.39 is 15.4 Å². The fourth-order valence-corrected chi connectivity index (χ4v) is 2.25. The van der Waals surface area contributed by atoms with E-state index in [2.05, 4.69) is 9.71 Å². The van der Waals surface area contributed by atoms with Crippen LogP contribution < -0.4 is 10.5 Å². The van der Waals surface area contributed by atoms with Crippen LogP contribution in [0.2, 0.25) is 0 Å². The zero-order valence-electron chi connectivity index (χ0n) is 10.8. The van der Waals surface area contributed by atoms with E-state index in [1.807, 2.05) is 6.92 Å². The van der Waals surface area contributed by atoms with Crippen molar-refractivity contribution in [3.05, 3.63) is 12.5 Å². The van der Waals surface area contributed by atoms with Gasteiger partial charge in [0, 0.05) is 24.7 Å². The molecule has 0 aliphatic carbocycles. The van der Waals surface area contributed by atoms with Crippen LogP contribution in [0.4, 0.5) is 0 Å². The number of amidine groups is 1. The molecule has 102 valence electrons. The Kier molecular flexibility index (Phi) is 4.12. The smallest absolute Gasteiger partial charge is 0.259 e. The molecule has 0 aromatic carbocycles. The molecular weight excluding hydrogens is 254 g/mol. The van der Waals surface area contributed by atoms with Crippen molar-refractivity contribution in [1.29, 1.82) is 5.41 Å². The predicted octanol–water partition coefficient (Wildman–Crippen LogP) is 0.143. The number of nitrogens with one attached hydrogen (secondary N) is 2. The largest absolute Gasteiger partial charge is 0.387 e. The highest BCUT2D eigenvalue weighted by atomic mass is 32.2. The Balaban J connectivity index is 2.80. The monoisotopic (exact) mass is 273 g/mol. The highest BCUT2D eigenvalue weighted by Gasteiger charge is 2.26. The maximum Gasteiger partial charge on any atom is 0.259 e. The van der Waals surface area contributed by atoms with Crippen molar-refractivity contribution < 1.29 is 8.42 Å². The summed E-state index contributed by atoms with van der Waals surface area (Å²) in [6.45, 7) is 6.00. The van der Waals surface area contributed by atoms with Gasteiger partial charge in [-0.1, -0.05) is 13.8 Å². The van der Waals surface area contributed by atoms with Crippen molar-refractivity contribution in [2.75, 3.05) is 6.54 Å². The molecule has 0 aliphatic heterocycles. The standard InChI is InChI=1S/C10H19N5O2S/c1-4-15-5-8(13-7-15)18(16,17)14-6-10(2,3)9(11)12/h5,7,14H,4,6H2,1-3H3,(H3,11,12). The van der Waals surface area contributed by atoms with Gasteiger partial charge in [-0.05, 0) is 6.92 Å². The predicted molar refractivity (Wildman–Crippen MR) is 68.8 cm³/mol. The molecule has 7 nitrogen and oxygen atoms in total. The van der Waals surface area contributed by atoms with Crippen LogP contribution in [0.15, 0.2) is 17.6 Å². The number of sulfonamides is 1. The number of aromatic nitrogens is 2. The maximum absolute atomic E-state index is 11.9. The van der Waals surface area contributed by atoms with Crippen LogP contribution in [-0.2, 0) is 16.6 Å². The van der Waals surface area contributed by atoms with Crippen LogP contribution >= 0.6 is 0 Å². The molecule has 1 aromatic rings. The number of aryl methyl sites for hydroxylation is 1. The van der Waals surface area contributed by atoms with E-state index in [1.54, 1.807) is 18.4 Å². The summed E-state index contributed by atoms with van der Waals surface area (Å²) >= 11 is 0. The third-order valence-corrected chi connectivity index (χ3v) is 3.97. The van der Waals surface area contributed by atoms with Gasteiger partial charge in [-0.25, -0.2) is 18.1 Å². The molecule has 0 atom stereocenters. The van der Waals surface area contributed by atoms with Gasteiger partial charge in [0.2, 0.25) is 0 Å². The summed E-state index contributed by atoms with van der Waals surface area (Å²) in [6, 6.07) is 0. The Hall–Kier alpha value is -1.41. The fourth-order valence-electron chi connectivity index (χ4n) is 1.10. The van der Waals surface area contributed by atoms with Gasteiger partial charge < -0.3 is 10.3 Å². The van der Waals surface area contributed by atoms with E-state index in [1.165, 1.54) is 12.5 Å². The molecule has 0 spiro atoms. The van der Waals surface area contributed by atoms with E-state index >= 15 is 0 Å². The highest BCUT2D eigenvalue weighted by Crippen LogP contribution is 2.14. The summed E-state index contributed by atoms with van der Waals surface area (Å²) in [5.74, 6) is -0.0655. The molecule has 1 aromatic heterocycles. The Morgan fingerprint density at radius 2 is 2.22 bits per heavy atom. The van der Waals surface area contributed by atoms with Crippen LogP contribution in [0.3, 0.4) is 0 Å². The lowest BCUT2D eigenvalue weighted by atomic mass is 9.93. The topological polar surface area (TPSA) is 114 Å². The summed E-state index contributed by atoms with van der Waals surface area (Å²) in [4.78, 5) is 3.83. The van der Waals surface area contributed by atoms with Gasteiger partial charge in [-0.2, -0.15) is 0 Å². The second-order valence-electron chi connectivity index (χ2n) is 4.66. The normalized spacial score (nSPS) is 12.6. The maximum atomic E-state index is 11.9. The van der Waals surface area contributed by atoms with Crippen molar-refractivity contribution in [3.63, 3.8) is 0 Å². The lowest BCUT2D eigenvalue weighted by Gasteiger charge is -2.22. The first kappa shape index (κ1) is 14.7. The lowest BCUT2D eigenvalue weighted by molar-refractivity contribution is 0.492. The molecule has 0 bridgehead atoms. The van der Waals surface area contributed by atoms with Crippen LogP contribution in [0, 0.1) is 10.8 Å². The first-order valence-electron chi connectivity index (χ1n) is 5.55. The van der Waals surface area contributed by atoms with Gasteiger partial charge in [0.15, 0.2) is 5.03 Å². The number of nitrogens with zero attached hydrogens (tertiary/aromatic N) is 2. The van der Waals surface area contributed by atoms with Crippen molar-refractivity contribution in [2.24, 2.45) is 11.1 Å². The minimum atomic E-state index is -3.65. The summed E-state index contributed by atoms with van der Waals surface area (Å²) in [6.07, 6.45) is 2.92. The Morgan fingerprint density at radius 1 is 1.61 bits per heavy atom. The van der Waals surface area contributed by atoms with Gasteiger partial charge >= 0.3 is 0 Å². The Morgan fingerprint density at radius 3 is 2.67 bits per heavy atom. The molecule has 0 unspecified atom stereocenters. The van der Waals surface area contributed by atoms with Crippen molar-refractivity contribution in [2.45, 2.75) is 32.3 Å². The van der Waals surface area contributed by atoms with Crippen LogP contribution in [0.25, 0.3) is 0 Å². The third-order valence-electron chi connectivity index (χ3n) is 2.68. The van der Waals surface area contributed by atoms with Gasteiger partial charge in [-0.3, -0.25) is 5.41 Å². The first-order chi connectivity index (χ1) is 8.19. The van der Waals surface area contributed by atoms with Crippen LogP contribution in [-0.4, -0.2) is 30.3 Å². The van der Waals surface area contributed by atoms with E-state index in [9.17, 15) is 8.42 Å². The molecule has 0 amide bonds. The van der Waals surface area contributed by atoms with Gasteiger partial charge in [0.05, 0.1) is 12.2 Å². The molecule has 1 heterocycles. The van der Waals surface area contributed by atoms with E-state index in [0.717, 1.165) is 0 Å². The highest BCUT2D eigenvalue weighted by molar-refractivity contribution is 7.89. The van der Waals surface area contributed by atoms with Crippen molar-refractivity contribution in [3.8, 4) is 0 Å². The number of imidazole rings is 1. The van der Waals surface area contributed by atoms with E-state index in [0.29, 0.717) is 6.54 Å². The molecule has 0 saturated heterocycles. The SMILES string of the molecule is CCn1cnc(S(=O)(=O)NCC(C)(C)C(=N)N)c1. The van der Waals surface area contributed by atoms with Crippen molar-refractivity contribution in [1.82, 2.24) is 14.3 Å². The lowest BCUT2D eigenvalue weighted by Crippen LogP contribution is -2.42. The minimum absolute atomic E-state index is 0.0243. The number of nitrogens with two attached hydrogens (primary N) is 1. The molecule has 4 N–H and O–H groups in total. The van der Waals surface area contributed by atoms with Crippen molar-refractivity contribution >= 4 is 15.9 Å². The number of hydrogen-bond acceptors (Lipinski definition) is 4. The molecular formula is C10H19N5O2S. The third kappa shape index (κ3) is 3.30. The minimum Gasteiger partial charge on any atom is -0.387 e. The van der Waals surface area contributed by atoms with E-state index in [-0.39, 0.29) is 17.4 Å². The molecule has 8 heteroatoms. The summed E-state index contributed by atoms with van der Waals surface area (Å²) in [5.41, 5.74) is 4.67. The molecule has 0 aliphatic rings. The van der Waals surface area contributed by atoms with Gasteiger partial charge in [0.25, 0.3) is 10.0 Å². The second-order valence-corrected chi connectivity index (χ2v) is 6.38. The molecule has 0 saturated carbocycles. The summed E-state index contributed by atoms with van der Waals surface area (Å²) < 4.78 is 27.9. The molecule has 1 rings (SSSR count). The second kappa shape index (κ2) is 5.07. The average Bonchev–Trinajstić information content (AvgIpc) is 2.75. The van der Waals surface area contributed by atoms with Crippen LogP contribution in [0.5, 0.6) is 0 Å². The number of hydrogen-bond donors (Lipinski definition) is 3. The molecule has 0 radical (unpaired) electrons. The first-order valence-corrected chi connectivity index (χ1v) is 7.03. The van der Waals surface area contributed by atoms with E-state index in [4.69, 9.17) is 11.1 Å². The quantitative estimate of drug-likeness (QED) is 0.505. The molecule has 18 heavy (non-hydrogen) atoms. The fraction of sp³-hybridized carbons (Fsp3) is 0.600. The molecule has 0 fully saturated rings. The summed E-state index contributed by atoms with van der Waals surface area (Å²) in [7, 11) is -3.65. The zero-order chi connectivity index (χ0) is 14.0. The Bertz CT molecular complexity index is 532. The Labute approximate surface area is 107 Å². The van der Waals surface area contributed by atoms with Gasteiger partial charge in [-0.15, -0.1) is 0 Å².